The van der Waals surface area contributed by atoms with Crippen molar-refractivity contribution in [3.63, 3.8) is 0 Å². The highest BCUT2D eigenvalue weighted by molar-refractivity contribution is 6.09. The zero-order valence-corrected chi connectivity index (χ0v) is 35.1. The number of ketones is 1. The fourth-order valence-electron chi connectivity index (χ4n) is 7.30. The number of hydrogen-bond acceptors (Lipinski definition) is 5. The van der Waals surface area contributed by atoms with Crippen LogP contribution in [-0.2, 0) is 0 Å². The molecule has 8 aromatic rings. The number of nitrogens with zero attached hydrogens (tertiary/aromatic N) is 2. The molecule has 8 aromatic carbocycles. The third-order valence-electron chi connectivity index (χ3n) is 10.9. The molecule has 0 aromatic heterocycles. The maximum atomic E-state index is 13.2. The Labute approximate surface area is 360 Å². The Bertz CT molecular complexity index is 2590. The monoisotopic (exact) mass is 798 g/mol. The molecule has 0 aliphatic heterocycles. The largest absolute Gasteiger partial charge is 0.491 e. The van der Waals surface area contributed by atoms with Gasteiger partial charge < -0.3 is 19.3 Å². The summed E-state index contributed by atoms with van der Waals surface area (Å²) in [6.07, 6.45) is 1.07. The summed E-state index contributed by atoms with van der Waals surface area (Å²) in [5.74, 6) is 2.60. The van der Waals surface area contributed by atoms with Gasteiger partial charge in [-0.2, -0.15) is 0 Å². The van der Waals surface area contributed by atoms with Crippen LogP contribution in [-0.4, -0.2) is 11.9 Å². The third-order valence-corrected chi connectivity index (χ3v) is 10.9. The summed E-state index contributed by atoms with van der Waals surface area (Å²) in [5.41, 5.74) is 11.1. The molecular formula is C56H50N2O3. The zero-order chi connectivity index (χ0) is 42.1. The van der Waals surface area contributed by atoms with Gasteiger partial charge in [0, 0.05) is 45.3 Å². The van der Waals surface area contributed by atoms with Crippen LogP contribution >= 0.6 is 0 Å². The smallest absolute Gasteiger partial charge is 0.193 e. The minimum atomic E-state index is -0.00859. The molecule has 0 aliphatic carbocycles. The molecule has 0 fully saturated rings. The van der Waals surface area contributed by atoms with E-state index < -0.39 is 0 Å². The normalized spacial score (nSPS) is 11.5. The van der Waals surface area contributed by atoms with Gasteiger partial charge in [-0.1, -0.05) is 106 Å². The molecule has 1 unspecified atom stereocenters. The molecule has 8 rings (SSSR count). The highest BCUT2D eigenvalue weighted by Gasteiger charge is 2.16. The SMILES string of the molecule is CCC(C)Oc1ccc(N(c2ccc(Oc3ccc(C(=O)c4ccc(C(C)C)cc4)cc3)cc2)c2ccc(-c3ccc(N(c4ccccc4)c4ccccc4)cc3)cc2)cc1. The first kappa shape index (κ1) is 40.4. The average molecular weight is 799 g/mol. The number of rotatable bonds is 15. The standard InChI is InChI=1S/C56H50N2O3/c1-5-41(4)60-53-36-30-51(31-37-53)58(52-32-38-55(39-33-52)61-54-34-24-46(25-35-54)56(59)45-18-16-42(17-19-45)40(2)3)50-28-22-44(23-29-50)43-20-26-49(27-21-43)57(47-12-8-6-9-13-47)48-14-10-7-11-15-48/h6-41H,5H2,1-4H3. The Balaban J connectivity index is 1.02. The van der Waals surface area contributed by atoms with Gasteiger partial charge in [-0.15, -0.1) is 0 Å². The average Bonchev–Trinajstić information content (AvgIpc) is 3.31. The van der Waals surface area contributed by atoms with Gasteiger partial charge in [0.25, 0.3) is 0 Å². The Kier molecular flexibility index (Phi) is 12.4. The molecule has 0 aliphatic rings. The van der Waals surface area contributed by atoms with Crippen molar-refractivity contribution < 1.29 is 14.3 Å². The molecule has 5 heteroatoms. The second-order valence-electron chi connectivity index (χ2n) is 15.5. The Morgan fingerprint density at radius 1 is 0.426 bits per heavy atom. The van der Waals surface area contributed by atoms with E-state index in [2.05, 4.69) is 159 Å². The summed E-state index contributed by atoms with van der Waals surface area (Å²) in [4.78, 5) is 17.7. The first-order valence-electron chi connectivity index (χ1n) is 21.0. The maximum Gasteiger partial charge on any atom is 0.193 e. The van der Waals surface area contributed by atoms with E-state index in [4.69, 9.17) is 9.47 Å². The first-order valence-corrected chi connectivity index (χ1v) is 21.0. The minimum Gasteiger partial charge on any atom is -0.491 e. The number of hydrogen-bond donors (Lipinski definition) is 0. The predicted molar refractivity (Wildman–Crippen MR) is 252 cm³/mol. The van der Waals surface area contributed by atoms with Gasteiger partial charge >= 0.3 is 0 Å². The molecule has 0 saturated heterocycles. The summed E-state index contributed by atoms with van der Waals surface area (Å²) in [7, 11) is 0. The van der Waals surface area contributed by atoms with Crippen LogP contribution in [0.5, 0.6) is 17.2 Å². The number of carbonyl (C=O) groups excluding carboxylic acids is 1. The summed E-state index contributed by atoms with van der Waals surface area (Å²) in [6.45, 7) is 8.50. The van der Waals surface area contributed by atoms with E-state index in [0.717, 1.165) is 57.4 Å². The molecule has 0 heterocycles. The van der Waals surface area contributed by atoms with Crippen molar-refractivity contribution in [3.05, 3.63) is 223 Å². The van der Waals surface area contributed by atoms with Crippen molar-refractivity contribution in [3.8, 4) is 28.4 Å². The summed E-state index contributed by atoms with van der Waals surface area (Å²) in [6, 6.07) is 69.9. The van der Waals surface area contributed by atoms with Crippen LogP contribution in [0.4, 0.5) is 34.1 Å². The molecule has 0 N–H and O–H groups in total. The second kappa shape index (κ2) is 18.7. The third kappa shape index (κ3) is 9.59. The minimum absolute atomic E-state index is 0.00859. The topological polar surface area (TPSA) is 42.0 Å². The lowest BCUT2D eigenvalue weighted by molar-refractivity contribution is 0.103. The van der Waals surface area contributed by atoms with Gasteiger partial charge in [-0.05, 0) is 157 Å². The lowest BCUT2D eigenvalue weighted by Crippen LogP contribution is -2.11. The molecule has 302 valence electrons. The Hall–Kier alpha value is -7.37. The van der Waals surface area contributed by atoms with Gasteiger partial charge in [0.2, 0.25) is 0 Å². The highest BCUT2D eigenvalue weighted by atomic mass is 16.5. The lowest BCUT2D eigenvalue weighted by atomic mass is 9.98. The van der Waals surface area contributed by atoms with Gasteiger partial charge in [0.1, 0.15) is 17.2 Å². The lowest BCUT2D eigenvalue weighted by Gasteiger charge is -2.26. The van der Waals surface area contributed by atoms with E-state index in [0.29, 0.717) is 28.5 Å². The van der Waals surface area contributed by atoms with Crippen LogP contribution < -0.4 is 19.3 Å². The van der Waals surface area contributed by atoms with Gasteiger partial charge in [-0.25, -0.2) is 0 Å². The molecule has 0 amide bonds. The number of benzene rings is 8. The van der Waals surface area contributed by atoms with Crippen molar-refractivity contribution in [1.29, 1.82) is 0 Å². The van der Waals surface area contributed by atoms with Crippen LogP contribution in [0.3, 0.4) is 0 Å². The molecule has 61 heavy (non-hydrogen) atoms. The van der Waals surface area contributed by atoms with Crippen LogP contribution in [0.15, 0.2) is 206 Å². The van der Waals surface area contributed by atoms with E-state index in [-0.39, 0.29) is 11.9 Å². The number of carbonyl (C=O) groups is 1. The van der Waals surface area contributed by atoms with E-state index in [9.17, 15) is 4.79 Å². The van der Waals surface area contributed by atoms with E-state index in [1.165, 1.54) is 5.56 Å². The number of para-hydroxylation sites is 2. The zero-order valence-electron chi connectivity index (χ0n) is 35.1. The molecule has 0 bridgehead atoms. The van der Waals surface area contributed by atoms with Crippen LogP contribution in [0.25, 0.3) is 11.1 Å². The van der Waals surface area contributed by atoms with Gasteiger partial charge in [0.05, 0.1) is 6.10 Å². The van der Waals surface area contributed by atoms with Crippen molar-refractivity contribution >= 4 is 39.9 Å². The van der Waals surface area contributed by atoms with Crippen LogP contribution in [0.2, 0.25) is 0 Å². The van der Waals surface area contributed by atoms with E-state index >= 15 is 0 Å². The van der Waals surface area contributed by atoms with E-state index in [1.54, 1.807) is 0 Å². The highest BCUT2D eigenvalue weighted by Crippen LogP contribution is 2.39. The fraction of sp³-hybridized carbons (Fsp3) is 0.125. The second-order valence-corrected chi connectivity index (χ2v) is 15.5. The van der Waals surface area contributed by atoms with Crippen molar-refractivity contribution in [2.75, 3.05) is 9.80 Å². The van der Waals surface area contributed by atoms with Crippen LogP contribution in [0.1, 0.15) is 61.5 Å². The predicted octanol–water partition coefficient (Wildman–Crippen LogP) is 15.6. The number of ether oxygens (including phenoxy) is 2. The molecular weight excluding hydrogens is 749 g/mol. The Morgan fingerprint density at radius 3 is 1.16 bits per heavy atom. The quantitative estimate of drug-likeness (QED) is 0.0967. The maximum absolute atomic E-state index is 13.2. The summed E-state index contributed by atoms with van der Waals surface area (Å²) < 4.78 is 12.4. The van der Waals surface area contributed by atoms with Gasteiger partial charge in [-0.3, -0.25) is 4.79 Å². The van der Waals surface area contributed by atoms with Crippen molar-refractivity contribution in [1.82, 2.24) is 0 Å². The molecule has 0 spiro atoms. The van der Waals surface area contributed by atoms with Crippen molar-refractivity contribution in [2.45, 2.75) is 46.1 Å². The van der Waals surface area contributed by atoms with Gasteiger partial charge in [0.15, 0.2) is 5.78 Å². The van der Waals surface area contributed by atoms with E-state index in [1.807, 2.05) is 84.9 Å². The number of anilines is 6. The van der Waals surface area contributed by atoms with Crippen molar-refractivity contribution in [2.24, 2.45) is 0 Å². The summed E-state index contributed by atoms with van der Waals surface area (Å²) in [5, 5.41) is 0. The first-order chi connectivity index (χ1) is 29.8. The van der Waals surface area contributed by atoms with Crippen LogP contribution in [0, 0.1) is 0 Å². The molecule has 5 nitrogen and oxygen atoms in total. The Morgan fingerprint density at radius 2 is 0.770 bits per heavy atom. The molecule has 0 saturated carbocycles. The molecule has 0 radical (unpaired) electrons. The fourth-order valence-corrected chi connectivity index (χ4v) is 7.30. The molecule has 1 atom stereocenters. The summed E-state index contributed by atoms with van der Waals surface area (Å²) >= 11 is 0.